The standard InChI is InChI=1S/C11H13FO4.CH2O3.K/c1-11(2,10(13)14)16-8-5-4-7(12)6-9(8)15-3;2-1(3)4;/h4-6H,1-3H3,(H,13,14);(H2,2,3,4);/q;;+1/p-1. The number of carboxylic acid groups (broad SMARTS) is 3. The number of carboxylic acids is 1. The average Bonchev–Trinajstić information content (AvgIpc) is 2.30. The summed E-state index contributed by atoms with van der Waals surface area (Å²) in [4.78, 5) is 19.3. The summed E-state index contributed by atoms with van der Waals surface area (Å²) in [6.45, 7) is 2.80. The second kappa shape index (κ2) is 9.95. The fourth-order valence-corrected chi connectivity index (χ4v) is 1.04. The number of ether oxygens (including phenoxy) is 2. The molecule has 0 saturated heterocycles. The van der Waals surface area contributed by atoms with Gasteiger partial charge in [-0.1, -0.05) is 0 Å². The Morgan fingerprint density at radius 3 is 2.10 bits per heavy atom. The van der Waals surface area contributed by atoms with Gasteiger partial charge in [0, 0.05) is 6.07 Å². The van der Waals surface area contributed by atoms with E-state index < -0.39 is 23.5 Å². The first-order chi connectivity index (χ1) is 9.10. The normalized spacial score (nSPS) is 9.52. The first-order valence-electron chi connectivity index (χ1n) is 5.26. The predicted molar refractivity (Wildman–Crippen MR) is 63.3 cm³/mol. The zero-order valence-electron chi connectivity index (χ0n) is 12.0. The summed E-state index contributed by atoms with van der Waals surface area (Å²) in [5.74, 6) is -1.23. The van der Waals surface area contributed by atoms with Crippen molar-refractivity contribution in [1.82, 2.24) is 0 Å². The number of hydrogen-bond acceptors (Lipinski definition) is 5. The van der Waals surface area contributed by atoms with Gasteiger partial charge in [0.25, 0.3) is 0 Å². The number of rotatable bonds is 4. The van der Waals surface area contributed by atoms with Crippen LogP contribution >= 0.6 is 0 Å². The first-order valence-corrected chi connectivity index (χ1v) is 5.26. The third-order valence-electron chi connectivity index (χ3n) is 2.01. The Hall–Kier alpha value is -0.874. The van der Waals surface area contributed by atoms with Gasteiger partial charge in [0.05, 0.1) is 7.11 Å². The quantitative estimate of drug-likeness (QED) is 0.612. The molecule has 0 unspecified atom stereocenters. The molecule has 0 spiro atoms. The predicted octanol–water partition coefficient (Wildman–Crippen LogP) is -2.03. The van der Waals surface area contributed by atoms with E-state index >= 15 is 0 Å². The van der Waals surface area contributed by atoms with Crippen LogP contribution in [-0.2, 0) is 4.79 Å². The first kappa shape index (κ1) is 22.4. The van der Waals surface area contributed by atoms with Gasteiger partial charge in [-0.3, -0.25) is 0 Å². The molecule has 0 aliphatic carbocycles. The van der Waals surface area contributed by atoms with Gasteiger partial charge in [0.2, 0.25) is 6.16 Å². The molecule has 0 heterocycles. The zero-order valence-corrected chi connectivity index (χ0v) is 15.2. The van der Waals surface area contributed by atoms with E-state index in [1.807, 2.05) is 0 Å². The molecule has 7 nitrogen and oxygen atoms in total. The molecule has 2 N–H and O–H groups in total. The van der Waals surface area contributed by atoms with E-state index in [2.05, 4.69) is 0 Å². The van der Waals surface area contributed by atoms with Crippen LogP contribution in [0.25, 0.3) is 0 Å². The largest absolute Gasteiger partial charge is 1.00 e. The Bertz CT molecular complexity index is 486. The topological polar surface area (TPSA) is 116 Å². The molecule has 1 aromatic carbocycles. The third kappa shape index (κ3) is 8.89. The minimum Gasteiger partial charge on any atom is -0.565 e. The zero-order chi connectivity index (χ0) is 15.9. The molecule has 0 fully saturated rings. The van der Waals surface area contributed by atoms with E-state index in [4.69, 9.17) is 29.6 Å². The van der Waals surface area contributed by atoms with Crippen molar-refractivity contribution in [2.24, 2.45) is 0 Å². The van der Waals surface area contributed by atoms with E-state index in [0.717, 1.165) is 6.07 Å². The van der Waals surface area contributed by atoms with Crippen LogP contribution in [-0.4, -0.2) is 35.0 Å². The van der Waals surface area contributed by atoms with E-state index in [9.17, 15) is 9.18 Å². The minimum absolute atomic E-state index is 0. The maximum Gasteiger partial charge on any atom is 1.00 e. The smallest absolute Gasteiger partial charge is 0.565 e. The van der Waals surface area contributed by atoms with Gasteiger partial charge in [0.15, 0.2) is 17.1 Å². The molecule has 0 bridgehead atoms. The summed E-state index contributed by atoms with van der Waals surface area (Å²) in [5.41, 5.74) is -1.40. The molecule has 0 aliphatic heterocycles. The monoisotopic (exact) mass is 328 g/mol. The Morgan fingerprint density at radius 2 is 1.71 bits per heavy atom. The van der Waals surface area contributed by atoms with Gasteiger partial charge < -0.3 is 29.6 Å². The van der Waals surface area contributed by atoms with E-state index in [1.54, 1.807) is 0 Å². The van der Waals surface area contributed by atoms with Crippen LogP contribution in [0.1, 0.15) is 13.8 Å². The number of hydrogen-bond donors (Lipinski definition) is 2. The second-order valence-corrected chi connectivity index (χ2v) is 3.98. The van der Waals surface area contributed by atoms with Crippen molar-refractivity contribution in [3.63, 3.8) is 0 Å². The van der Waals surface area contributed by atoms with Crippen molar-refractivity contribution in [1.29, 1.82) is 0 Å². The minimum atomic E-state index is -2.08. The van der Waals surface area contributed by atoms with Crippen LogP contribution in [0.15, 0.2) is 18.2 Å². The molecule has 1 aromatic rings. The van der Waals surface area contributed by atoms with Crippen molar-refractivity contribution >= 4 is 12.1 Å². The van der Waals surface area contributed by atoms with Gasteiger partial charge in [0.1, 0.15) is 5.82 Å². The maximum absolute atomic E-state index is 12.9. The van der Waals surface area contributed by atoms with E-state index in [1.165, 1.54) is 33.1 Å². The molecule has 0 aromatic heterocycles. The molecule has 0 atom stereocenters. The summed E-state index contributed by atoms with van der Waals surface area (Å²) >= 11 is 0. The van der Waals surface area contributed by atoms with Crippen molar-refractivity contribution in [3.8, 4) is 11.5 Å². The summed E-state index contributed by atoms with van der Waals surface area (Å²) < 4.78 is 23.0. The van der Waals surface area contributed by atoms with Crippen LogP contribution in [0, 0.1) is 5.82 Å². The van der Waals surface area contributed by atoms with Crippen LogP contribution in [0.5, 0.6) is 11.5 Å². The molecular formula is C12H14FKO7. The molecule has 0 amide bonds. The molecule has 21 heavy (non-hydrogen) atoms. The second-order valence-electron chi connectivity index (χ2n) is 3.98. The van der Waals surface area contributed by atoms with Gasteiger partial charge in [-0.15, -0.1) is 0 Å². The summed E-state index contributed by atoms with van der Waals surface area (Å²) in [6.07, 6.45) is -2.08. The fourth-order valence-electron chi connectivity index (χ4n) is 1.04. The van der Waals surface area contributed by atoms with Crippen molar-refractivity contribution in [2.45, 2.75) is 19.4 Å². The molecule has 9 heteroatoms. The van der Waals surface area contributed by atoms with Crippen molar-refractivity contribution in [2.75, 3.05) is 7.11 Å². The number of carbonyl (C=O) groups is 2. The SMILES string of the molecule is COc1cc(F)ccc1OC(C)(C)C(=O)O.O=C([O-])O.[K+]. The van der Waals surface area contributed by atoms with Crippen LogP contribution in [0.2, 0.25) is 0 Å². The summed E-state index contributed by atoms with van der Waals surface area (Å²) in [5, 5.41) is 24.2. The Kier molecular flexibility index (Phi) is 10.6. The Balaban J connectivity index is 0. The number of aliphatic carboxylic acids is 1. The number of benzene rings is 1. The number of halogens is 1. The maximum atomic E-state index is 12.9. The third-order valence-corrected chi connectivity index (χ3v) is 2.01. The Labute approximate surface area is 163 Å². The summed E-state index contributed by atoms with van der Waals surface area (Å²) in [7, 11) is 1.36. The molecular weight excluding hydrogens is 314 g/mol. The van der Waals surface area contributed by atoms with Gasteiger partial charge >= 0.3 is 57.4 Å². The van der Waals surface area contributed by atoms with Crippen LogP contribution in [0.4, 0.5) is 9.18 Å². The van der Waals surface area contributed by atoms with E-state index in [-0.39, 0.29) is 62.9 Å². The molecule has 1 rings (SSSR count). The van der Waals surface area contributed by atoms with E-state index in [0.29, 0.717) is 0 Å². The molecule has 0 radical (unpaired) electrons. The van der Waals surface area contributed by atoms with Gasteiger partial charge in [-0.25, -0.2) is 9.18 Å². The van der Waals surface area contributed by atoms with Gasteiger partial charge in [-0.05, 0) is 26.0 Å². The Morgan fingerprint density at radius 1 is 1.24 bits per heavy atom. The van der Waals surface area contributed by atoms with Crippen molar-refractivity contribution < 1.29 is 90.2 Å². The van der Waals surface area contributed by atoms with Crippen molar-refractivity contribution in [3.05, 3.63) is 24.0 Å². The van der Waals surface area contributed by atoms with Crippen LogP contribution < -0.4 is 66.0 Å². The molecule has 0 aliphatic rings. The summed E-state index contributed by atoms with van der Waals surface area (Å²) in [6, 6.07) is 3.64. The number of methoxy groups -OCH3 is 1. The molecule has 0 saturated carbocycles. The molecule has 112 valence electrons. The van der Waals surface area contributed by atoms with Crippen LogP contribution in [0.3, 0.4) is 0 Å². The fraction of sp³-hybridized carbons (Fsp3) is 0.333. The van der Waals surface area contributed by atoms with Gasteiger partial charge in [-0.2, -0.15) is 0 Å². The average molecular weight is 328 g/mol.